The predicted molar refractivity (Wildman–Crippen MR) is 72.9 cm³/mol. The quantitative estimate of drug-likeness (QED) is 0.611. The van der Waals surface area contributed by atoms with Gasteiger partial charge in [-0.1, -0.05) is 46.0 Å². The molecule has 1 saturated heterocycles. The van der Waals surface area contributed by atoms with Crippen LogP contribution in [-0.2, 0) is 0 Å². The van der Waals surface area contributed by atoms with Gasteiger partial charge in [-0.25, -0.2) is 0 Å². The van der Waals surface area contributed by atoms with E-state index in [0.29, 0.717) is 0 Å². The second-order valence-electron chi connectivity index (χ2n) is 5.52. The molecule has 1 nitrogen and oxygen atoms in total. The smallest absolute Gasteiger partial charge is 0.00980 e. The number of hydrogen-bond donors (Lipinski definition) is 0. The lowest BCUT2D eigenvalue weighted by Crippen LogP contribution is -2.44. The maximum atomic E-state index is 2.81. The van der Waals surface area contributed by atoms with Gasteiger partial charge in [-0.05, 0) is 39.2 Å². The number of piperidine rings is 1. The summed E-state index contributed by atoms with van der Waals surface area (Å²) in [7, 11) is 0. The van der Waals surface area contributed by atoms with Crippen molar-refractivity contribution < 1.29 is 0 Å². The Morgan fingerprint density at radius 3 is 2.19 bits per heavy atom. The molecule has 96 valence electrons. The fraction of sp³-hybridized carbons (Fsp3) is 1.00. The number of unbranched alkanes of at least 4 members (excludes halogenated alkanes) is 2. The number of nitrogens with zero attached hydrogens (tertiary/aromatic N) is 1. The summed E-state index contributed by atoms with van der Waals surface area (Å²) in [5, 5.41) is 0. The van der Waals surface area contributed by atoms with E-state index in [0.717, 1.165) is 12.1 Å². The van der Waals surface area contributed by atoms with Gasteiger partial charge in [0.1, 0.15) is 0 Å². The van der Waals surface area contributed by atoms with Crippen LogP contribution in [0.25, 0.3) is 0 Å². The monoisotopic (exact) mass is 225 g/mol. The van der Waals surface area contributed by atoms with Crippen LogP contribution in [0.3, 0.4) is 0 Å². The molecule has 1 heteroatoms. The Morgan fingerprint density at radius 2 is 1.69 bits per heavy atom. The molecule has 1 heterocycles. The maximum absolute atomic E-state index is 2.81. The van der Waals surface area contributed by atoms with Crippen LogP contribution >= 0.6 is 0 Å². The van der Waals surface area contributed by atoms with E-state index in [9.17, 15) is 0 Å². The Morgan fingerprint density at radius 1 is 1.06 bits per heavy atom. The minimum atomic E-state index is 0.840. The van der Waals surface area contributed by atoms with Crippen LogP contribution in [0.2, 0.25) is 0 Å². The molecule has 0 aromatic rings. The molecule has 0 radical (unpaired) electrons. The molecule has 1 fully saturated rings. The number of hydrogen-bond acceptors (Lipinski definition) is 1. The third-order valence-electron chi connectivity index (χ3n) is 4.11. The molecule has 16 heavy (non-hydrogen) atoms. The average molecular weight is 225 g/mol. The molecule has 0 spiro atoms. The molecule has 0 N–H and O–H groups in total. The minimum absolute atomic E-state index is 0.840. The number of likely N-dealkylation sites (tertiary alicyclic amines) is 1. The van der Waals surface area contributed by atoms with E-state index in [-0.39, 0.29) is 0 Å². The van der Waals surface area contributed by atoms with Gasteiger partial charge in [0, 0.05) is 12.1 Å². The first-order valence-electron chi connectivity index (χ1n) is 7.55. The van der Waals surface area contributed by atoms with Crippen LogP contribution in [0.4, 0.5) is 0 Å². The van der Waals surface area contributed by atoms with Crippen molar-refractivity contribution in [2.24, 2.45) is 0 Å². The van der Waals surface area contributed by atoms with Crippen molar-refractivity contribution >= 4 is 0 Å². The molecule has 0 aromatic heterocycles. The summed E-state index contributed by atoms with van der Waals surface area (Å²) in [6, 6.07) is 1.72. The van der Waals surface area contributed by atoms with Crippen LogP contribution < -0.4 is 0 Å². The predicted octanol–water partition coefficient (Wildman–Crippen LogP) is 4.61. The zero-order valence-corrected chi connectivity index (χ0v) is 11.7. The van der Waals surface area contributed by atoms with Gasteiger partial charge in [0.2, 0.25) is 0 Å². The fourth-order valence-electron chi connectivity index (χ4n) is 3.02. The highest BCUT2D eigenvalue weighted by molar-refractivity contribution is 4.80. The third kappa shape index (κ3) is 4.45. The van der Waals surface area contributed by atoms with Crippen LogP contribution in [0.15, 0.2) is 0 Å². The summed E-state index contributed by atoms with van der Waals surface area (Å²) in [6.45, 7) is 8.43. The summed E-state index contributed by atoms with van der Waals surface area (Å²) in [4.78, 5) is 2.81. The average Bonchev–Trinajstić information content (AvgIpc) is 2.31. The maximum Gasteiger partial charge on any atom is 0.00980 e. The molecule has 1 aliphatic heterocycles. The lowest BCUT2D eigenvalue weighted by atomic mass is 9.95. The van der Waals surface area contributed by atoms with Gasteiger partial charge < -0.3 is 0 Å². The Balaban J connectivity index is 2.44. The van der Waals surface area contributed by atoms with Gasteiger partial charge in [0.25, 0.3) is 0 Å². The topological polar surface area (TPSA) is 3.24 Å². The summed E-state index contributed by atoms with van der Waals surface area (Å²) < 4.78 is 0. The summed E-state index contributed by atoms with van der Waals surface area (Å²) in [5.41, 5.74) is 0. The standard InChI is InChI=1S/C15H31N/c1-4-6-11-15(12-7-5-2)16-13-9-8-10-14(16)3/h14-15H,4-13H2,1-3H3/t14-/m1/s1. The molecular weight excluding hydrogens is 194 g/mol. The highest BCUT2D eigenvalue weighted by atomic mass is 15.2. The van der Waals surface area contributed by atoms with Gasteiger partial charge in [-0.2, -0.15) is 0 Å². The van der Waals surface area contributed by atoms with Gasteiger partial charge in [0.05, 0.1) is 0 Å². The molecule has 0 aromatic carbocycles. The first-order valence-corrected chi connectivity index (χ1v) is 7.55. The molecule has 0 amide bonds. The van der Waals surface area contributed by atoms with E-state index in [1.807, 2.05) is 0 Å². The van der Waals surface area contributed by atoms with Crippen molar-refractivity contribution in [2.45, 2.75) is 90.6 Å². The normalized spacial score (nSPS) is 22.9. The van der Waals surface area contributed by atoms with E-state index in [4.69, 9.17) is 0 Å². The Labute approximate surface area is 103 Å². The third-order valence-corrected chi connectivity index (χ3v) is 4.11. The lowest BCUT2D eigenvalue weighted by Gasteiger charge is -2.40. The van der Waals surface area contributed by atoms with Crippen molar-refractivity contribution in [1.82, 2.24) is 4.90 Å². The summed E-state index contributed by atoms with van der Waals surface area (Å²) in [5.74, 6) is 0. The molecule has 0 bridgehead atoms. The lowest BCUT2D eigenvalue weighted by molar-refractivity contribution is 0.0913. The first-order chi connectivity index (χ1) is 7.79. The molecule has 0 aliphatic carbocycles. The summed E-state index contributed by atoms with van der Waals surface area (Å²) >= 11 is 0. The first kappa shape index (κ1) is 14.0. The molecule has 1 atom stereocenters. The van der Waals surface area contributed by atoms with Crippen molar-refractivity contribution in [1.29, 1.82) is 0 Å². The largest absolute Gasteiger partial charge is 0.298 e. The molecule has 0 saturated carbocycles. The molecule has 1 rings (SSSR count). The van der Waals surface area contributed by atoms with Crippen LogP contribution in [0, 0.1) is 0 Å². The zero-order chi connectivity index (χ0) is 11.8. The Hall–Kier alpha value is -0.0400. The highest BCUT2D eigenvalue weighted by Crippen LogP contribution is 2.24. The second-order valence-corrected chi connectivity index (χ2v) is 5.52. The van der Waals surface area contributed by atoms with Crippen LogP contribution in [0.1, 0.15) is 78.6 Å². The van der Waals surface area contributed by atoms with Crippen molar-refractivity contribution in [3.63, 3.8) is 0 Å². The van der Waals surface area contributed by atoms with E-state index in [1.54, 1.807) is 0 Å². The Bertz CT molecular complexity index is 159. The van der Waals surface area contributed by atoms with Gasteiger partial charge >= 0.3 is 0 Å². The molecule has 0 unspecified atom stereocenters. The van der Waals surface area contributed by atoms with Crippen molar-refractivity contribution in [3.8, 4) is 0 Å². The molecule has 1 aliphatic rings. The van der Waals surface area contributed by atoms with E-state index in [1.165, 1.54) is 64.3 Å². The van der Waals surface area contributed by atoms with Gasteiger partial charge in [-0.15, -0.1) is 0 Å². The Kier molecular flexibility index (Phi) is 7.11. The summed E-state index contributed by atoms with van der Waals surface area (Å²) in [6.07, 6.45) is 12.7. The SMILES string of the molecule is CCCCC(CCCC)N1CCCC[C@H]1C. The zero-order valence-electron chi connectivity index (χ0n) is 11.7. The van der Waals surface area contributed by atoms with E-state index >= 15 is 0 Å². The van der Waals surface area contributed by atoms with Gasteiger partial charge in [0.15, 0.2) is 0 Å². The van der Waals surface area contributed by atoms with Crippen molar-refractivity contribution in [3.05, 3.63) is 0 Å². The van der Waals surface area contributed by atoms with E-state index in [2.05, 4.69) is 25.7 Å². The van der Waals surface area contributed by atoms with Crippen LogP contribution in [-0.4, -0.2) is 23.5 Å². The minimum Gasteiger partial charge on any atom is -0.298 e. The van der Waals surface area contributed by atoms with Crippen LogP contribution in [0.5, 0.6) is 0 Å². The highest BCUT2D eigenvalue weighted by Gasteiger charge is 2.24. The second kappa shape index (κ2) is 8.11. The number of rotatable bonds is 7. The van der Waals surface area contributed by atoms with Crippen molar-refractivity contribution in [2.75, 3.05) is 6.54 Å². The fourth-order valence-corrected chi connectivity index (χ4v) is 3.02. The molecular formula is C15H31N. The van der Waals surface area contributed by atoms with E-state index < -0.39 is 0 Å². The van der Waals surface area contributed by atoms with Gasteiger partial charge in [-0.3, -0.25) is 4.90 Å².